The van der Waals surface area contributed by atoms with Crippen LogP contribution in [0.15, 0.2) is 12.7 Å². The van der Waals surface area contributed by atoms with Gasteiger partial charge >= 0.3 is 0 Å². The molecule has 2 heteroatoms. The van der Waals surface area contributed by atoms with E-state index in [1.54, 1.807) is 0 Å². The molecule has 0 aromatic carbocycles. The molecule has 1 amide bonds. The first-order valence-electron chi connectivity index (χ1n) is 5.44. The van der Waals surface area contributed by atoms with Gasteiger partial charge in [-0.25, -0.2) is 0 Å². The van der Waals surface area contributed by atoms with Crippen LogP contribution in [-0.2, 0) is 4.79 Å². The maximum Gasteiger partial charge on any atom is 0.245 e. The summed E-state index contributed by atoms with van der Waals surface area (Å²) in [5, 5.41) is 0. The van der Waals surface area contributed by atoms with E-state index in [1.165, 1.54) is 6.08 Å². The number of rotatable bonds is 6. The topological polar surface area (TPSA) is 20.3 Å². The molecule has 1 atom stereocenters. The Hall–Kier alpha value is -0.790. The van der Waals surface area contributed by atoms with Crippen molar-refractivity contribution in [2.75, 3.05) is 13.1 Å². The molecule has 0 aromatic rings. The van der Waals surface area contributed by atoms with Crippen LogP contribution in [0.4, 0.5) is 0 Å². The van der Waals surface area contributed by atoms with Crippen molar-refractivity contribution in [3.63, 3.8) is 0 Å². The lowest BCUT2D eigenvalue weighted by Crippen LogP contribution is -2.35. The standard InChI is InChI=1S/C12H23NO/c1-6-8-13(12(14)7-2)9-11(5)10(3)4/h7,10-11H,2,6,8-9H2,1,3-5H3. The van der Waals surface area contributed by atoms with Gasteiger partial charge in [-0.2, -0.15) is 0 Å². The van der Waals surface area contributed by atoms with Gasteiger partial charge in [-0.3, -0.25) is 4.79 Å². The van der Waals surface area contributed by atoms with E-state index < -0.39 is 0 Å². The van der Waals surface area contributed by atoms with Crippen molar-refractivity contribution in [1.82, 2.24) is 4.90 Å². The van der Waals surface area contributed by atoms with Gasteiger partial charge in [0.25, 0.3) is 0 Å². The van der Waals surface area contributed by atoms with E-state index in [9.17, 15) is 4.79 Å². The van der Waals surface area contributed by atoms with Crippen molar-refractivity contribution < 1.29 is 4.79 Å². The first-order chi connectivity index (χ1) is 6.52. The second-order valence-corrected chi connectivity index (χ2v) is 4.21. The fraction of sp³-hybridized carbons (Fsp3) is 0.750. The Morgan fingerprint density at radius 2 is 2.00 bits per heavy atom. The minimum Gasteiger partial charge on any atom is -0.339 e. The molecule has 0 saturated carbocycles. The minimum atomic E-state index is 0.0550. The van der Waals surface area contributed by atoms with Crippen molar-refractivity contribution >= 4 is 5.91 Å². The highest BCUT2D eigenvalue weighted by Crippen LogP contribution is 2.12. The van der Waals surface area contributed by atoms with Gasteiger partial charge in [0.05, 0.1) is 0 Å². The quantitative estimate of drug-likeness (QED) is 0.599. The fourth-order valence-corrected chi connectivity index (χ4v) is 1.25. The summed E-state index contributed by atoms with van der Waals surface area (Å²) in [6, 6.07) is 0. The molecule has 0 aliphatic carbocycles. The highest BCUT2D eigenvalue weighted by atomic mass is 16.2. The maximum atomic E-state index is 11.5. The summed E-state index contributed by atoms with van der Waals surface area (Å²) in [6.07, 6.45) is 2.41. The Morgan fingerprint density at radius 3 is 2.36 bits per heavy atom. The highest BCUT2D eigenvalue weighted by molar-refractivity contribution is 5.86. The molecule has 2 nitrogen and oxygen atoms in total. The number of amides is 1. The van der Waals surface area contributed by atoms with Crippen LogP contribution < -0.4 is 0 Å². The maximum absolute atomic E-state index is 11.5. The fourth-order valence-electron chi connectivity index (χ4n) is 1.25. The summed E-state index contributed by atoms with van der Waals surface area (Å²) < 4.78 is 0. The van der Waals surface area contributed by atoms with Gasteiger partial charge in [0.2, 0.25) is 5.91 Å². The van der Waals surface area contributed by atoms with E-state index in [0.29, 0.717) is 11.8 Å². The molecule has 0 heterocycles. The van der Waals surface area contributed by atoms with Crippen LogP contribution in [0, 0.1) is 11.8 Å². The first-order valence-corrected chi connectivity index (χ1v) is 5.44. The third-order valence-corrected chi connectivity index (χ3v) is 2.63. The van der Waals surface area contributed by atoms with Crippen LogP contribution in [-0.4, -0.2) is 23.9 Å². The lowest BCUT2D eigenvalue weighted by molar-refractivity contribution is -0.126. The number of hydrogen-bond donors (Lipinski definition) is 0. The van der Waals surface area contributed by atoms with Gasteiger partial charge in [0.15, 0.2) is 0 Å². The van der Waals surface area contributed by atoms with Gasteiger partial charge in [-0.1, -0.05) is 34.3 Å². The zero-order chi connectivity index (χ0) is 11.1. The van der Waals surface area contributed by atoms with Gasteiger partial charge in [0.1, 0.15) is 0 Å². The predicted molar refractivity (Wildman–Crippen MR) is 61.1 cm³/mol. The second kappa shape index (κ2) is 6.63. The lowest BCUT2D eigenvalue weighted by atomic mass is 9.97. The third-order valence-electron chi connectivity index (χ3n) is 2.63. The number of carbonyl (C=O) groups excluding carboxylic acids is 1. The third kappa shape index (κ3) is 4.45. The van der Waals surface area contributed by atoms with Crippen molar-refractivity contribution in [3.8, 4) is 0 Å². The molecule has 0 aliphatic heterocycles. The van der Waals surface area contributed by atoms with Crippen molar-refractivity contribution in [3.05, 3.63) is 12.7 Å². The minimum absolute atomic E-state index is 0.0550. The van der Waals surface area contributed by atoms with Gasteiger partial charge in [-0.15, -0.1) is 0 Å². The molecule has 0 radical (unpaired) electrons. The van der Waals surface area contributed by atoms with Crippen molar-refractivity contribution in [2.45, 2.75) is 34.1 Å². The van der Waals surface area contributed by atoms with Crippen LogP contribution in [0.1, 0.15) is 34.1 Å². The predicted octanol–water partition coefficient (Wildman–Crippen LogP) is 2.70. The molecule has 0 bridgehead atoms. The summed E-state index contributed by atoms with van der Waals surface area (Å²) in [4.78, 5) is 13.4. The molecule has 0 aromatic heterocycles. The summed E-state index contributed by atoms with van der Waals surface area (Å²) in [7, 11) is 0. The highest BCUT2D eigenvalue weighted by Gasteiger charge is 2.15. The molecule has 0 fully saturated rings. The van der Waals surface area contributed by atoms with E-state index in [-0.39, 0.29) is 5.91 Å². The number of hydrogen-bond acceptors (Lipinski definition) is 1. The van der Waals surface area contributed by atoms with Crippen LogP contribution in [0.25, 0.3) is 0 Å². The summed E-state index contributed by atoms with van der Waals surface area (Å²) in [5.74, 6) is 1.22. The van der Waals surface area contributed by atoms with E-state index in [0.717, 1.165) is 19.5 Å². The van der Waals surface area contributed by atoms with Crippen molar-refractivity contribution in [2.24, 2.45) is 11.8 Å². The molecule has 0 saturated heterocycles. The molecular formula is C12H23NO. The molecular weight excluding hydrogens is 174 g/mol. The van der Waals surface area contributed by atoms with Crippen LogP contribution in [0.2, 0.25) is 0 Å². The number of carbonyl (C=O) groups is 1. The van der Waals surface area contributed by atoms with Crippen LogP contribution in [0.5, 0.6) is 0 Å². The second-order valence-electron chi connectivity index (χ2n) is 4.21. The zero-order valence-corrected chi connectivity index (χ0v) is 9.92. The van der Waals surface area contributed by atoms with E-state index in [4.69, 9.17) is 0 Å². The average Bonchev–Trinajstić information content (AvgIpc) is 2.15. The first kappa shape index (κ1) is 13.2. The Balaban J connectivity index is 4.21. The lowest BCUT2D eigenvalue weighted by Gasteiger charge is -2.26. The van der Waals surface area contributed by atoms with Crippen LogP contribution in [0.3, 0.4) is 0 Å². The number of nitrogens with zero attached hydrogens (tertiary/aromatic N) is 1. The Labute approximate surface area is 88.0 Å². The van der Waals surface area contributed by atoms with E-state index >= 15 is 0 Å². The molecule has 14 heavy (non-hydrogen) atoms. The normalized spacial score (nSPS) is 12.6. The molecule has 0 aliphatic rings. The Bertz CT molecular complexity index is 187. The summed E-state index contributed by atoms with van der Waals surface area (Å²) >= 11 is 0. The average molecular weight is 197 g/mol. The van der Waals surface area contributed by atoms with Crippen LogP contribution >= 0.6 is 0 Å². The largest absolute Gasteiger partial charge is 0.339 e. The molecule has 0 N–H and O–H groups in total. The monoisotopic (exact) mass is 197 g/mol. The molecule has 0 spiro atoms. The van der Waals surface area contributed by atoms with Gasteiger partial charge in [-0.05, 0) is 24.3 Å². The Kier molecular flexibility index (Phi) is 6.26. The SMILES string of the molecule is C=CC(=O)N(CCC)CC(C)C(C)C. The van der Waals surface area contributed by atoms with Gasteiger partial charge < -0.3 is 4.90 Å². The summed E-state index contributed by atoms with van der Waals surface area (Å²) in [6.45, 7) is 13.8. The molecule has 0 rings (SSSR count). The van der Waals surface area contributed by atoms with E-state index in [2.05, 4.69) is 34.3 Å². The smallest absolute Gasteiger partial charge is 0.245 e. The Morgan fingerprint density at radius 1 is 1.43 bits per heavy atom. The summed E-state index contributed by atoms with van der Waals surface area (Å²) in [5.41, 5.74) is 0. The van der Waals surface area contributed by atoms with Crippen molar-refractivity contribution in [1.29, 1.82) is 0 Å². The van der Waals surface area contributed by atoms with Gasteiger partial charge in [0, 0.05) is 13.1 Å². The molecule has 1 unspecified atom stereocenters. The zero-order valence-electron chi connectivity index (χ0n) is 9.92. The van der Waals surface area contributed by atoms with E-state index in [1.807, 2.05) is 4.90 Å². The molecule has 82 valence electrons.